The highest BCUT2D eigenvalue weighted by Crippen LogP contribution is 2.38. The third kappa shape index (κ3) is 4.04. The molecule has 0 spiro atoms. The number of aromatic nitrogens is 2. The van der Waals surface area contributed by atoms with Gasteiger partial charge in [0.25, 0.3) is 0 Å². The number of methoxy groups -OCH3 is 1. The van der Waals surface area contributed by atoms with E-state index < -0.39 is 7.60 Å². The molecule has 3 rings (SSSR count). The van der Waals surface area contributed by atoms with Crippen LogP contribution in [-0.4, -0.2) is 46.1 Å². The molecule has 1 aliphatic rings. The minimum absolute atomic E-state index is 0.0199. The summed E-state index contributed by atoms with van der Waals surface area (Å²) in [4.78, 5) is 29.0. The SMILES string of the molecule is COc1ccc2c(N3CCC(CCP(=O)(O)O)CC3)ncnc2c1. The second-order valence-electron chi connectivity index (χ2n) is 6.19. The molecule has 0 atom stereocenters. The van der Waals surface area contributed by atoms with Crippen molar-refractivity contribution in [2.75, 3.05) is 31.3 Å². The predicted molar refractivity (Wildman–Crippen MR) is 92.6 cm³/mol. The highest BCUT2D eigenvalue weighted by atomic mass is 31.2. The van der Waals surface area contributed by atoms with Crippen molar-refractivity contribution in [2.45, 2.75) is 19.3 Å². The maximum Gasteiger partial charge on any atom is 0.325 e. The average Bonchev–Trinajstić information content (AvgIpc) is 2.59. The fraction of sp³-hybridized carbons (Fsp3) is 0.500. The summed E-state index contributed by atoms with van der Waals surface area (Å²) < 4.78 is 16.3. The number of piperidine rings is 1. The highest BCUT2D eigenvalue weighted by molar-refractivity contribution is 7.51. The topological polar surface area (TPSA) is 95.8 Å². The summed E-state index contributed by atoms with van der Waals surface area (Å²) >= 11 is 0. The Kier molecular flexibility index (Phi) is 5.04. The first-order valence-electron chi connectivity index (χ1n) is 8.04. The van der Waals surface area contributed by atoms with Crippen LogP contribution in [0.4, 0.5) is 5.82 Å². The van der Waals surface area contributed by atoms with Crippen LogP contribution in [0.1, 0.15) is 19.3 Å². The van der Waals surface area contributed by atoms with Gasteiger partial charge in [0.1, 0.15) is 17.9 Å². The molecule has 1 fully saturated rings. The molecule has 1 aliphatic heterocycles. The van der Waals surface area contributed by atoms with E-state index in [0.717, 1.165) is 48.4 Å². The highest BCUT2D eigenvalue weighted by Gasteiger charge is 2.24. The fourth-order valence-electron chi connectivity index (χ4n) is 3.19. The summed E-state index contributed by atoms with van der Waals surface area (Å²) in [6, 6.07) is 5.78. The zero-order valence-corrected chi connectivity index (χ0v) is 14.5. The van der Waals surface area contributed by atoms with Gasteiger partial charge in [-0.2, -0.15) is 0 Å². The standard InChI is InChI=1S/C16H22N3O4P/c1-23-13-2-3-14-15(10-13)17-11-18-16(14)19-7-4-12(5-8-19)6-9-24(20,21)22/h2-3,10-12H,4-9H2,1H3,(H2,20,21,22). The van der Waals surface area contributed by atoms with Crippen LogP contribution in [0.25, 0.3) is 10.9 Å². The normalized spacial score (nSPS) is 16.5. The Labute approximate surface area is 140 Å². The molecule has 130 valence electrons. The lowest BCUT2D eigenvalue weighted by Crippen LogP contribution is -2.34. The van der Waals surface area contributed by atoms with Gasteiger partial charge in [-0.05, 0) is 37.3 Å². The number of anilines is 1. The van der Waals surface area contributed by atoms with Gasteiger partial charge in [0.2, 0.25) is 0 Å². The maximum atomic E-state index is 11.0. The molecule has 0 amide bonds. The van der Waals surface area contributed by atoms with E-state index >= 15 is 0 Å². The first-order chi connectivity index (χ1) is 11.5. The van der Waals surface area contributed by atoms with E-state index in [9.17, 15) is 4.57 Å². The lowest BCUT2D eigenvalue weighted by atomic mass is 9.94. The summed E-state index contributed by atoms with van der Waals surface area (Å²) in [5.74, 6) is 2.04. The summed E-state index contributed by atoms with van der Waals surface area (Å²) in [6.45, 7) is 1.67. The number of hydrogen-bond acceptors (Lipinski definition) is 5. The minimum atomic E-state index is -3.89. The first kappa shape index (κ1) is 17.1. The van der Waals surface area contributed by atoms with Crippen molar-refractivity contribution in [3.63, 3.8) is 0 Å². The second-order valence-corrected chi connectivity index (χ2v) is 7.96. The first-order valence-corrected chi connectivity index (χ1v) is 9.84. The lowest BCUT2D eigenvalue weighted by molar-refractivity contribution is 0.350. The molecule has 0 aliphatic carbocycles. The van der Waals surface area contributed by atoms with Crippen LogP contribution >= 0.6 is 7.60 Å². The van der Waals surface area contributed by atoms with Crippen molar-refractivity contribution in [3.05, 3.63) is 24.5 Å². The zero-order valence-electron chi connectivity index (χ0n) is 13.6. The average molecular weight is 351 g/mol. The predicted octanol–water partition coefficient (Wildman–Crippen LogP) is 2.42. The smallest absolute Gasteiger partial charge is 0.325 e. The molecule has 2 N–H and O–H groups in total. The van der Waals surface area contributed by atoms with Crippen LogP contribution in [-0.2, 0) is 4.57 Å². The van der Waals surface area contributed by atoms with Crippen molar-refractivity contribution in [1.82, 2.24) is 9.97 Å². The van der Waals surface area contributed by atoms with Gasteiger partial charge in [0, 0.05) is 24.5 Å². The van der Waals surface area contributed by atoms with Gasteiger partial charge in [-0.3, -0.25) is 4.57 Å². The third-order valence-electron chi connectivity index (χ3n) is 4.57. The molecule has 1 aromatic carbocycles. The van der Waals surface area contributed by atoms with Crippen LogP contribution in [0, 0.1) is 5.92 Å². The van der Waals surface area contributed by atoms with Crippen LogP contribution in [0.3, 0.4) is 0 Å². The molecule has 0 unspecified atom stereocenters. The number of rotatable bonds is 5. The Morgan fingerprint density at radius 3 is 2.71 bits per heavy atom. The van der Waals surface area contributed by atoms with E-state index in [-0.39, 0.29) is 6.16 Å². The van der Waals surface area contributed by atoms with Crippen molar-refractivity contribution in [3.8, 4) is 5.75 Å². The molecule has 24 heavy (non-hydrogen) atoms. The molecule has 0 radical (unpaired) electrons. The summed E-state index contributed by atoms with van der Waals surface area (Å²) in [6.07, 6.45) is 3.97. The molecule has 0 saturated carbocycles. The Balaban J connectivity index is 1.70. The van der Waals surface area contributed by atoms with Gasteiger partial charge in [-0.1, -0.05) is 0 Å². The fourth-order valence-corrected chi connectivity index (χ4v) is 3.89. The summed E-state index contributed by atoms with van der Waals surface area (Å²) in [7, 11) is -2.26. The lowest BCUT2D eigenvalue weighted by Gasteiger charge is -2.33. The largest absolute Gasteiger partial charge is 0.497 e. The molecular formula is C16H22N3O4P. The van der Waals surface area contributed by atoms with E-state index in [0.29, 0.717) is 12.3 Å². The maximum absolute atomic E-state index is 11.0. The van der Waals surface area contributed by atoms with E-state index in [1.54, 1.807) is 13.4 Å². The third-order valence-corrected chi connectivity index (χ3v) is 5.41. The van der Waals surface area contributed by atoms with Gasteiger partial charge in [-0.15, -0.1) is 0 Å². The van der Waals surface area contributed by atoms with Crippen LogP contribution in [0.2, 0.25) is 0 Å². The Hall–Kier alpha value is -1.69. The summed E-state index contributed by atoms with van der Waals surface area (Å²) in [5, 5.41) is 0.993. The van der Waals surface area contributed by atoms with Crippen LogP contribution in [0.15, 0.2) is 24.5 Å². The van der Waals surface area contributed by atoms with E-state index in [1.165, 1.54) is 0 Å². The van der Waals surface area contributed by atoms with Crippen molar-refractivity contribution in [1.29, 1.82) is 0 Å². The molecule has 1 aromatic heterocycles. The number of hydrogen-bond donors (Lipinski definition) is 2. The van der Waals surface area contributed by atoms with Gasteiger partial charge in [0.15, 0.2) is 0 Å². The van der Waals surface area contributed by atoms with Gasteiger partial charge in [0.05, 0.1) is 18.8 Å². The number of nitrogens with zero attached hydrogens (tertiary/aromatic N) is 3. The monoisotopic (exact) mass is 351 g/mol. The molecular weight excluding hydrogens is 329 g/mol. The molecule has 7 nitrogen and oxygen atoms in total. The molecule has 2 aromatic rings. The number of fused-ring (bicyclic) bond motifs is 1. The van der Waals surface area contributed by atoms with Crippen LogP contribution in [0.5, 0.6) is 5.75 Å². The molecule has 1 saturated heterocycles. The van der Waals surface area contributed by atoms with Crippen molar-refractivity contribution in [2.24, 2.45) is 5.92 Å². The van der Waals surface area contributed by atoms with E-state index in [1.807, 2.05) is 18.2 Å². The Morgan fingerprint density at radius 2 is 2.04 bits per heavy atom. The summed E-state index contributed by atoms with van der Waals surface area (Å²) in [5.41, 5.74) is 0.850. The van der Waals surface area contributed by atoms with Crippen molar-refractivity contribution < 1.29 is 19.1 Å². The van der Waals surface area contributed by atoms with Gasteiger partial charge in [-0.25, -0.2) is 9.97 Å². The molecule has 0 bridgehead atoms. The van der Waals surface area contributed by atoms with Gasteiger partial charge >= 0.3 is 7.60 Å². The van der Waals surface area contributed by atoms with Crippen LogP contribution < -0.4 is 9.64 Å². The Morgan fingerprint density at radius 1 is 1.29 bits per heavy atom. The quantitative estimate of drug-likeness (QED) is 0.799. The number of benzene rings is 1. The minimum Gasteiger partial charge on any atom is -0.497 e. The second kappa shape index (κ2) is 7.05. The number of ether oxygens (including phenoxy) is 1. The van der Waals surface area contributed by atoms with E-state index in [4.69, 9.17) is 14.5 Å². The van der Waals surface area contributed by atoms with Gasteiger partial charge < -0.3 is 19.4 Å². The zero-order chi connectivity index (χ0) is 17.2. The molecule has 2 heterocycles. The van der Waals surface area contributed by atoms with E-state index in [2.05, 4.69) is 14.9 Å². The molecule has 8 heteroatoms. The van der Waals surface area contributed by atoms with Crippen molar-refractivity contribution >= 4 is 24.3 Å². The Bertz CT molecular complexity index is 756.